The van der Waals surface area contributed by atoms with E-state index in [1.54, 1.807) is 0 Å². The fraction of sp³-hybridized carbons (Fsp3) is 0.316. The summed E-state index contributed by atoms with van der Waals surface area (Å²) in [4.78, 5) is 7.04. The molecule has 23 heavy (non-hydrogen) atoms. The second-order valence-electron chi connectivity index (χ2n) is 5.84. The summed E-state index contributed by atoms with van der Waals surface area (Å²) in [5.41, 5.74) is 3.27. The molecule has 0 atom stereocenters. The highest BCUT2D eigenvalue weighted by Gasteiger charge is 2.13. The second kappa shape index (κ2) is 6.84. The molecular weight excluding hydrogens is 286 g/mol. The molecule has 4 heteroatoms. The van der Waals surface area contributed by atoms with Gasteiger partial charge in [0.25, 0.3) is 0 Å². The molecule has 0 saturated heterocycles. The van der Waals surface area contributed by atoms with E-state index >= 15 is 0 Å². The van der Waals surface area contributed by atoms with Crippen LogP contribution in [0.2, 0.25) is 0 Å². The summed E-state index contributed by atoms with van der Waals surface area (Å²) < 4.78 is 7.94. The minimum absolute atomic E-state index is 0.670. The maximum atomic E-state index is 5.66. The normalized spacial score (nSPS) is 11.3. The van der Waals surface area contributed by atoms with Crippen LogP contribution in [-0.2, 0) is 6.54 Å². The lowest BCUT2D eigenvalue weighted by Crippen LogP contribution is -2.18. The predicted molar refractivity (Wildman–Crippen MR) is 94.9 cm³/mol. The van der Waals surface area contributed by atoms with Gasteiger partial charge >= 0.3 is 0 Å². The summed E-state index contributed by atoms with van der Waals surface area (Å²) in [6.07, 6.45) is 0. The Hall–Kier alpha value is -2.33. The number of fused-ring (bicyclic) bond motifs is 1. The first-order chi connectivity index (χ1) is 11.2. The number of ether oxygens (including phenoxy) is 1. The molecule has 2 aromatic carbocycles. The van der Waals surface area contributed by atoms with Crippen LogP contribution < -0.4 is 4.74 Å². The maximum Gasteiger partial charge on any atom is 0.141 e. The zero-order chi connectivity index (χ0) is 16.2. The number of rotatable bonds is 6. The van der Waals surface area contributed by atoms with Gasteiger partial charge in [-0.25, -0.2) is 4.98 Å². The van der Waals surface area contributed by atoms with Crippen molar-refractivity contribution in [3.8, 4) is 17.1 Å². The van der Waals surface area contributed by atoms with Crippen molar-refractivity contribution in [2.45, 2.75) is 13.5 Å². The highest BCUT2D eigenvalue weighted by Crippen LogP contribution is 2.27. The van der Waals surface area contributed by atoms with Crippen molar-refractivity contribution in [2.24, 2.45) is 0 Å². The van der Waals surface area contributed by atoms with Crippen molar-refractivity contribution in [2.75, 3.05) is 27.2 Å². The van der Waals surface area contributed by atoms with Gasteiger partial charge in [0.15, 0.2) is 0 Å². The van der Waals surface area contributed by atoms with Gasteiger partial charge in [-0.1, -0.05) is 30.3 Å². The van der Waals surface area contributed by atoms with E-state index in [9.17, 15) is 0 Å². The lowest BCUT2D eigenvalue weighted by atomic mass is 10.2. The Kier molecular flexibility index (Phi) is 4.63. The van der Waals surface area contributed by atoms with Gasteiger partial charge in [0.05, 0.1) is 17.6 Å². The average molecular weight is 309 g/mol. The van der Waals surface area contributed by atoms with Crippen LogP contribution in [0.5, 0.6) is 5.75 Å². The van der Waals surface area contributed by atoms with Gasteiger partial charge in [-0.15, -0.1) is 0 Å². The van der Waals surface area contributed by atoms with E-state index in [4.69, 9.17) is 9.72 Å². The largest absolute Gasteiger partial charge is 0.494 e. The molecule has 0 aliphatic carbocycles. The standard InChI is InChI=1S/C19H23N3O/c1-4-23-16-10-11-17-18(14-16)22(13-12-21(2)3)19(20-17)15-8-6-5-7-9-15/h5-11,14H,4,12-13H2,1-3H3. The minimum atomic E-state index is 0.670. The van der Waals surface area contributed by atoms with Gasteiger partial charge in [0, 0.05) is 24.7 Å². The number of likely N-dealkylation sites (N-methyl/N-ethyl adjacent to an activating group) is 1. The summed E-state index contributed by atoms with van der Waals surface area (Å²) in [5.74, 6) is 1.90. The number of nitrogens with zero attached hydrogens (tertiary/aromatic N) is 3. The molecular formula is C19H23N3O. The number of benzene rings is 2. The van der Waals surface area contributed by atoms with Crippen LogP contribution in [0.4, 0.5) is 0 Å². The predicted octanol–water partition coefficient (Wildman–Crippen LogP) is 3.66. The molecule has 0 bridgehead atoms. The first-order valence-electron chi connectivity index (χ1n) is 8.02. The Labute approximate surface area is 137 Å². The van der Waals surface area contributed by atoms with Crippen molar-refractivity contribution in [3.05, 3.63) is 48.5 Å². The van der Waals surface area contributed by atoms with E-state index in [0.29, 0.717) is 6.61 Å². The molecule has 0 aliphatic rings. The lowest BCUT2D eigenvalue weighted by molar-refractivity contribution is 0.340. The third-order valence-corrected chi connectivity index (χ3v) is 3.83. The molecule has 3 aromatic rings. The first-order valence-corrected chi connectivity index (χ1v) is 8.02. The Balaban J connectivity index is 2.12. The third-order valence-electron chi connectivity index (χ3n) is 3.83. The number of hydrogen-bond acceptors (Lipinski definition) is 3. The molecule has 0 N–H and O–H groups in total. The van der Waals surface area contributed by atoms with Crippen LogP contribution in [0, 0.1) is 0 Å². The zero-order valence-corrected chi connectivity index (χ0v) is 14.0. The van der Waals surface area contributed by atoms with Crippen LogP contribution in [0.25, 0.3) is 22.4 Å². The molecule has 120 valence electrons. The van der Waals surface area contributed by atoms with Crippen molar-refractivity contribution in [3.63, 3.8) is 0 Å². The Morgan fingerprint density at radius 2 is 1.87 bits per heavy atom. The Morgan fingerprint density at radius 1 is 1.09 bits per heavy atom. The molecule has 0 spiro atoms. The lowest BCUT2D eigenvalue weighted by Gasteiger charge is -2.14. The Morgan fingerprint density at radius 3 is 2.57 bits per heavy atom. The van der Waals surface area contributed by atoms with E-state index in [-0.39, 0.29) is 0 Å². The molecule has 0 unspecified atom stereocenters. The summed E-state index contributed by atoms with van der Waals surface area (Å²) in [6, 6.07) is 16.5. The number of aromatic nitrogens is 2. The zero-order valence-electron chi connectivity index (χ0n) is 14.0. The third kappa shape index (κ3) is 3.37. The highest BCUT2D eigenvalue weighted by atomic mass is 16.5. The summed E-state index contributed by atoms with van der Waals surface area (Å²) in [5, 5.41) is 0. The van der Waals surface area contributed by atoms with Crippen LogP contribution >= 0.6 is 0 Å². The number of hydrogen-bond donors (Lipinski definition) is 0. The summed E-state index contributed by atoms with van der Waals surface area (Å²) in [7, 11) is 4.18. The molecule has 3 rings (SSSR count). The van der Waals surface area contributed by atoms with E-state index in [1.807, 2.05) is 25.1 Å². The summed E-state index contributed by atoms with van der Waals surface area (Å²) >= 11 is 0. The number of imidazole rings is 1. The topological polar surface area (TPSA) is 30.3 Å². The molecule has 1 aromatic heterocycles. The molecule has 4 nitrogen and oxygen atoms in total. The van der Waals surface area contributed by atoms with Gasteiger partial charge in [-0.3, -0.25) is 0 Å². The molecule has 1 heterocycles. The van der Waals surface area contributed by atoms with Crippen molar-refractivity contribution < 1.29 is 4.74 Å². The summed E-state index contributed by atoms with van der Waals surface area (Å²) in [6.45, 7) is 4.53. The van der Waals surface area contributed by atoms with Gasteiger partial charge in [-0.2, -0.15) is 0 Å². The second-order valence-corrected chi connectivity index (χ2v) is 5.84. The molecule has 0 radical (unpaired) electrons. The quantitative estimate of drug-likeness (QED) is 0.696. The van der Waals surface area contributed by atoms with Gasteiger partial charge in [0.1, 0.15) is 11.6 Å². The average Bonchev–Trinajstić information content (AvgIpc) is 2.92. The molecule has 0 aliphatic heterocycles. The van der Waals surface area contributed by atoms with Crippen LogP contribution in [0.3, 0.4) is 0 Å². The van der Waals surface area contributed by atoms with Crippen LogP contribution in [0.1, 0.15) is 6.92 Å². The smallest absolute Gasteiger partial charge is 0.141 e. The van der Waals surface area contributed by atoms with E-state index in [2.05, 4.69) is 53.9 Å². The maximum absolute atomic E-state index is 5.66. The van der Waals surface area contributed by atoms with Gasteiger partial charge < -0.3 is 14.2 Å². The fourth-order valence-electron chi connectivity index (χ4n) is 2.69. The van der Waals surface area contributed by atoms with Crippen LogP contribution in [-0.4, -0.2) is 41.7 Å². The van der Waals surface area contributed by atoms with Gasteiger partial charge in [0.2, 0.25) is 0 Å². The molecule has 0 fully saturated rings. The fourth-order valence-corrected chi connectivity index (χ4v) is 2.69. The van der Waals surface area contributed by atoms with Crippen molar-refractivity contribution in [1.82, 2.24) is 14.5 Å². The van der Waals surface area contributed by atoms with Crippen molar-refractivity contribution >= 4 is 11.0 Å². The molecule has 0 amide bonds. The van der Waals surface area contributed by atoms with Crippen molar-refractivity contribution in [1.29, 1.82) is 0 Å². The van der Waals surface area contributed by atoms with E-state index < -0.39 is 0 Å². The van der Waals surface area contributed by atoms with Crippen LogP contribution in [0.15, 0.2) is 48.5 Å². The Bertz CT molecular complexity index is 778. The van der Waals surface area contributed by atoms with E-state index in [0.717, 1.165) is 41.3 Å². The van der Waals surface area contributed by atoms with Gasteiger partial charge in [-0.05, 0) is 33.2 Å². The minimum Gasteiger partial charge on any atom is -0.494 e. The first kappa shape index (κ1) is 15.6. The SMILES string of the molecule is CCOc1ccc2nc(-c3ccccc3)n(CCN(C)C)c2c1. The van der Waals surface area contributed by atoms with E-state index in [1.165, 1.54) is 0 Å². The monoisotopic (exact) mass is 309 g/mol. The highest BCUT2D eigenvalue weighted by molar-refractivity contribution is 5.82. The molecule has 0 saturated carbocycles.